The van der Waals surface area contributed by atoms with E-state index in [1.54, 1.807) is 24.2 Å². The van der Waals surface area contributed by atoms with Gasteiger partial charge in [-0.15, -0.1) is 0 Å². The molecule has 1 aromatic heterocycles. The highest BCUT2D eigenvalue weighted by atomic mass is 16.2. The van der Waals surface area contributed by atoms with E-state index in [-0.39, 0.29) is 5.91 Å². The zero-order chi connectivity index (χ0) is 9.68. The molecule has 0 spiro atoms. The van der Waals surface area contributed by atoms with E-state index in [0.717, 1.165) is 6.54 Å². The van der Waals surface area contributed by atoms with Crippen LogP contribution < -0.4 is 5.32 Å². The van der Waals surface area contributed by atoms with Gasteiger partial charge in [-0.2, -0.15) is 5.10 Å². The average molecular weight is 182 g/mol. The summed E-state index contributed by atoms with van der Waals surface area (Å²) in [4.78, 5) is 13.2. The Morgan fingerprint density at radius 3 is 3.08 bits per heavy atom. The molecule has 0 fully saturated rings. The molecule has 0 atom stereocenters. The molecule has 0 unspecified atom stereocenters. The number of carbonyl (C=O) groups excluding carboxylic acids is 1. The van der Waals surface area contributed by atoms with Crippen LogP contribution in [0.25, 0.3) is 0 Å². The van der Waals surface area contributed by atoms with Crippen LogP contribution in [0.1, 0.15) is 10.5 Å². The fourth-order valence-electron chi connectivity index (χ4n) is 0.962. The summed E-state index contributed by atoms with van der Waals surface area (Å²) in [6.45, 7) is 1.48. The van der Waals surface area contributed by atoms with Crippen LogP contribution in [-0.2, 0) is 0 Å². The van der Waals surface area contributed by atoms with E-state index in [1.807, 2.05) is 7.05 Å². The Labute approximate surface area is 77.1 Å². The summed E-state index contributed by atoms with van der Waals surface area (Å²) in [6.07, 6.45) is 1.57. The number of H-pyrrole nitrogens is 1. The molecule has 1 aromatic rings. The largest absolute Gasteiger partial charge is 0.339 e. The van der Waals surface area contributed by atoms with E-state index in [9.17, 15) is 4.79 Å². The van der Waals surface area contributed by atoms with Crippen molar-refractivity contribution >= 4 is 5.91 Å². The fraction of sp³-hybridized carbons (Fsp3) is 0.500. The van der Waals surface area contributed by atoms with Crippen LogP contribution in [0.15, 0.2) is 12.3 Å². The third-order valence-electron chi connectivity index (χ3n) is 1.78. The van der Waals surface area contributed by atoms with E-state index >= 15 is 0 Å². The van der Waals surface area contributed by atoms with Gasteiger partial charge < -0.3 is 10.2 Å². The molecule has 0 radical (unpaired) electrons. The number of rotatable bonds is 4. The lowest BCUT2D eigenvalue weighted by molar-refractivity contribution is 0.0791. The minimum Gasteiger partial charge on any atom is -0.339 e. The molecule has 5 heteroatoms. The molecule has 0 saturated carbocycles. The number of hydrogen-bond donors (Lipinski definition) is 2. The van der Waals surface area contributed by atoms with Crippen molar-refractivity contribution in [3.05, 3.63) is 18.0 Å². The van der Waals surface area contributed by atoms with Gasteiger partial charge in [0.25, 0.3) is 5.91 Å². The number of likely N-dealkylation sites (N-methyl/N-ethyl adjacent to an activating group) is 2. The third kappa shape index (κ3) is 2.55. The van der Waals surface area contributed by atoms with Crippen molar-refractivity contribution < 1.29 is 4.79 Å². The first kappa shape index (κ1) is 9.73. The zero-order valence-corrected chi connectivity index (χ0v) is 7.87. The minimum absolute atomic E-state index is 0.0345. The minimum atomic E-state index is -0.0345. The Balaban J connectivity index is 2.48. The van der Waals surface area contributed by atoms with Crippen LogP contribution in [0.4, 0.5) is 0 Å². The first-order chi connectivity index (χ1) is 6.25. The molecule has 1 heterocycles. The van der Waals surface area contributed by atoms with E-state index in [4.69, 9.17) is 0 Å². The van der Waals surface area contributed by atoms with Crippen LogP contribution in [0, 0.1) is 0 Å². The number of amides is 1. The molecular formula is C8H14N4O. The number of aromatic amines is 1. The van der Waals surface area contributed by atoms with Crippen molar-refractivity contribution in [2.24, 2.45) is 0 Å². The molecular weight excluding hydrogens is 168 g/mol. The third-order valence-corrected chi connectivity index (χ3v) is 1.78. The van der Waals surface area contributed by atoms with Crippen molar-refractivity contribution in [1.29, 1.82) is 0 Å². The SMILES string of the molecule is CNCCN(C)C(=O)c1ccn[nH]1. The molecule has 2 N–H and O–H groups in total. The molecule has 0 bridgehead atoms. The van der Waals surface area contributed by atoms with Crippen molar-refractivity contribution in [2.45, 2.75) is 0 Å². The van der Waals surface area contributed by atoms with Gasteiger partial charge in [0.1, 0.15) is 5.69 Å². The van der Waals surface area contributed by atoms with Crippen molar-refractivity contribution in [3.63, 3.8) is 0 Å². The summed E-state index contributed by atoms with van der Waals surface area (Å²) >= 11 is 0. The highest BCUT2D eigenvalue weighted by molar-refractivity contribution is 5.91. The Morgan fingerprint density at radius 2 is 2.54 bits per heavy atom. The maximum Gasteiger partial charge on any atom is 0.271 e. The number of nitrogens with zero attached hydrogens (tertiary/aromatic N) is 2. The van der Waals surface area contributed by atoms with E-state index in [0.29, 0.717) is 12.2 Å². The normalized spacial score (nSPS) is 10.0. The fourth-order valence-corrected chi connectivity index (χ4v) is 0.962. The van der Waals surface area contributed by atoms with Gasteiger partial charge in [0.05, 0.1) is 0 Å². The Bertz CT molecular complexity index is 257. The van der Waals surface area contributed by atoms with Crippen LogP contribution in [0.5, 0.6) is 0 Å². The van der Waals surface area contributed by atoms with Gasteiger partial charge in [-0.1, -0.05) is 0 Å². The van der Waals surface area contributed by atoms with Crippen LogP contribution in [0.2, 0.25) is 0 Å². The van der Waals surface area contributed by atoms with E-state index < -0.39 is 0 Å². The lowest BCUT2D eigenvalue weighted by atomic mass is 10.4. The smallest absolute Gasteiger partial charge is 0.271 e. The zero-order valence-electron chi connectivity index (χ0n) is 7.87. The van der Waals surface area contributed by atoms with Gasteiger partial charge in [0.15, 0.2) is 0 Å². The molecule has 13 heavy (non-hydrogen) atoms. The highest BCUT2D eigenvalue weighted by Crippen LogP contribution is 1.96. The van der Waals surface area contributed by atoms with E-state index in [1.165, 1.54) is 0 Å². The maximum absolute atomic E-state index is 11.5. The molecule has 1 amide bonds. The second-order valence-electron chi connectivity index (χ2n) is 2.80. The highest BCUT2D eigenvalue weighted by Gasteiger charge is 2.11. The quantitative estimate of drug-likeness (QED) is 0.672. The Hall–Kier alpha value is -1.36. The molecule has 0 aliphatic rings. The van der Waals surface area contributed by atoms with Gasteiger partial charge in [0, 0.05) is 26.3 Å². The Morgan fingerprint density at radius 1 is 1.77 bits per heavy atom. The van der Waals surface area contributed by atoms with Gasteiger partial charge in [-0.3, -0.25) is 9.89 Å². The summed E-state index contributed by atoms with van der Waals surface area (Å²) in [5.74, 6) is -0.0345. The molecule has 0 aliphatic carbocycles. The number of aromatic nitrogens is 2. The summed E-state index contributed by atoms with van der Waals surface area (Å²) < 4.78 is 0. The molecule has 0 saturated heterocycles. The molecule has 5 nitrogen and oxygen atoms in total. The first-order valence-corrected chi connectivity index (χ1v) is 4.15. The lowest BCUT2D eigenvalue weighted by Gasteiger charge is -2.15. The van der Waals surface area contributed by atoms with Crippen molar-refractivity contribution in [1.82, 2.24) is 20.4 Å². The molecule has 0 aromatic carbocycles. The van der Waals surface area contributed by atoms with Crippen LogP contribution in [0.3, 0.4) is 0 Å². The second kappa shape index (κ2) is 4.61. The Kier molecular flexibility index (Phi) is 3.45. The van der Waals surface area contributed by atoms with E-state index in [2.05, 4.69) is 15.5 Å². The maximum atomic E-state index is 11.5. The molecule has 1 rings (SSSR count). The summed E-state index contributed by atoms with van der Waals surface area (Å²) in [6, 6.07) is 1.66. The first-order valence-electron chi connectivity index (χ1n) is 4.15. The summed E-state index contributed by atoms with van der Waals surface area (Å²) in [7, 11) is 3.62. The second-order valence-corrected chi connectivity index (χ2v) is 2.80. The lowest BCUT2D eigenvalue weighted by Crippen LogP contribution is -2.32. The van der Waals surface area contributed by atoms with Crippen LogP contribution >= 0.6 is 0 Å². The average Bonchev–Trinajstić information content (AvgIpc) is 2.65. The number of carbonyl (C=O) groups is 1. The monoisotopic (exact) mass is 182 g/mol. The van der Waals surface area contributed by atoms with Gasteiger partial charge in [0.2, 0.25) is 0 Å². The van der Waals surface area contributed by atoms with Crippen molar-refractivity contribution in [2.75, 3.05) is 27.2 Å². The summed E-state index contributed by atoms with van der Waals surface area (Å²) in [5, 5.41) is 9.33. The molecule has 0 aliphatic heterocycles. The van der Waals surface area contributed by atoms with Crippen molar-refractivity contribution in [3.8, 4) is 0 Å². The standard InChI is InChI=1S/C8H14N4O/c1-9-5-6-12(2)8(13)7-3-4-10-11-7/h3-4,9H,5-6H2,1-2H3,(H,10,11). The topological polar surface area (TPSA) is 61.0 Å². The number of nitrogens with one attached hydrogen (secondary N) is 2. The predicted octanol–water partition coefficient (Wildman–Crippen LogP) is -0.299. The predicted molar refractivity (Wildman–Crippen MR) is 49.5 cm³/mol. The van der Waals surface area contributed by atoms with Gasteiger partial charge in [-0.25, -0.2) is 0 Å². The van der Waals surface area contributed by atoms with Gasteiger partial charge >= 0.3 is 0 Å². The van der Waals surface area contributed by atoms with Gasteiger partial charge in [-0.05, 0) is 13.1 Å². The molecule has 72 valence electrons. The number of hydrogen-bond acceptors (Lipinski definition) is 3. The summed E-state index contributed by atoms with van der Waals surface area (Å²) in [5.41, 5.74) is 0.526. The van der Waals surface area contributed by atoms with Crippen LogP contribution in [-0.4, -0.2) is 48.2 Å².